The van der Waals surface area contributed by atoms with E-state index < -0.39 is 11.4 Å². The summed E-state index contributed by atoms with van der Waals surface area (Å²) in [4.78, 5) is 13.6. The highest BCUT2D eigenvalue weighted by Gasteiger charge is 2.24. The van der Waals surface area contributed by atoms with E-state index in [-0.39, 0.29) is 0 Å². The Bertz CT molecular complexity index is 258. The Morgan fingerprint density at radius 3 is 2.44 bits per heavy atom. The van der Waals surface area contributed by atoms with Crippen molar-refractivity contribution in [2.45, 2.75) is 57.9 Å². The van der Waals surface area contributed by atoms with Gasteiger partial charge in [-0.05, 0) is 64.6 Å². The number of likely N-dealkylation sites (tertiary alicyclic amines) is 1. The number of amides is 1. The molecule has 0 aromatic rings. The smallest absolute Gasteiger partial charge is 0.237 e. The van der Waals surface area contributed by atoms with Gasteiger partial charge in [0.25, 0.3) is 0 Å². The van der Waals surface area contributed by atoms with Crippen molar-refractivity contribution in [3.05, 3.63) is 0 Å². The molecule has 4 nitrogen and oxygen atoms in total. The van der Waals surface area contributed by atoms with Crippen molar-refractivity contribution in [2.75, 3.05) is 19.6 Å². The number of nitrogens with zero attached hydrogens (tertiary/aromatic N) is 1. The van der Waals surface area contributed by atoms with Crippen LogP contribution in [0.15, 0.2) is 0 Å². The fourth-order valence-electron chi connectivity index (χ4n) is 2.57. The van der Waals surface area contributed by atoms with E-state index in [1.165, 1.54) is 32.4 Å². The van der Waals surface area contributed by atoms with Crippen LogP contribution in [0, 0.1) is 5.92 Å². The molecular weight excluding hydrogens is 226 g/mol. The van der Waals surface area contributed by atoms with Crippen molar-refractivity contribution in [1.82, 2.24) is 4.90 Å². The lowest BCUT2D eigenvalue weighted by molar-refractivity contribution is -0.122. The zero-order valence-electron chi connectivity index (χ0n) is 12.0. The van der Waals surface area contributed by atoms with Crippen LogP contribution in [-0.4, -0.2) is 36.0 Å². The zero-order valence-corrected chi connectivity index (χ0v) is 12.0. The number of unbranched alkanes of at least 4 members (excludes halogenated alkanes) is 1. The second kappa shape index (κ2) is 7.10. The summed E-state index contributed by atoms with van der Waals surface area (Å²) in [7, 11) is 0. The maximum Gasteiger partial charge on any atom is 0.237 e. The minimum Gasteiger partial charge on any atom is -0.368 e. The van der Waals surface area contributed by atoms with Gasteiger partial charge in [0, 0.05) is 0 Å². The number of carbonyl (C=O) groups excluding carboxylic acids is 1. The van der Waals surface area contributed by atoms with Crippen LogP contribution in [0.5, 0.6) is 0 Å². The third kappa shape index (κ3) is 4.94. The highest BCUT2D eigenvalue weighted by Crippen LogP contribution is 2.20. The third-order valence-corrected chi connectivity index (χ3v) is 4.27. The van der Waals surface area contributed by atoms with Crippen LogP contribution in [0.2, 0.25) is 0 Å². The molecule has 1 unspecified atom stereocenters. The van der Waals surface area contributed by atoms with Gasteiger partial charge in [-0.25, -0.2) is 0 Å². The number of piperidine rings is 1. The van der Waals surface area contributed by atoms with E-state index in [1.54, 1.807) is 6.92 Å². The standard InChI is InChI=1S/C14H29N3O/c1-3-12-6-10-17(11-7-12)9-5-4-8-14(2,16)13(15)18/h12H,3-11,16H2,1-2H3,(H2,15,18). The molecule has 1 amide bonds. The van der Waals surface area contributed by atoms with Crippen molar-refractivity contribution < 1.29 is 4.79 Å². The Kier molecular flexibility index (Phi) is 6.09. The van der Waals surface area contributed by atoms with E-state index in [1.807, 2.05) is 0 Å². The molecule has 1 saturated heterocycles. The largest absolute Gasteiger partial charge is 0.368 e. The molecule has 0 aliphatic carbocycles. The Morgan fingerprint density at radius 1 is 1.33 bits per heavy atom. The second-order valence-corrected chi connectivity index (χ2v) is 5.93. The van der Waals surface area contributed by atoms with Crippen molar-refractivity contribution in [3.63, 3.8) is 0 Å². The molecule has 4 N–H and O–H groups in total. The normalized spacial score (nSPS) is 21.7. The van der Waals surface area contributed by atoms with Gasteiger partial charge in [-0.2, -0.15) is 0 Å². The van der Waals surface area contributed by atoms with Gasteiger partial charge in [-0.3, -0.25) is 4.79 Å². The monoisotopic (exact) mass is 255 g/mol. The summed E-state index contributed by atoms with van der Waals surface area (Å²) in [6.07, 6.45) is 6.77. The molecule has 0 bridgehead atoms. The molecule has 0 radical (unpaired) electrons. The first-order valence-corrected chi connectivity index (χ1v) is 7.27. The molecule has 0 spiro atoms. The van der Waals surface area contributed by atoms with Crippen molar-refractivity contribution in [3.8, 4) is 0 Å². The molecule has 1 aliphatic heterocycles. The summed E-state index contributed by atoms with van der Waals surface area (Å²) in [5.74, 6) is 0.537. The van der Waals surface area contributed by atoms with Crippen molar-refractivity contribution >= 4 is 5.91 Å². The van der Waals surface area contributed by atoms with Crippen molar-refractivity contribution in [2.24, 2.45) is 17.4 Å². The number of hydrogen-bond donors (Lipinski definition) is 2. The quantitative estimate of drug-likeness (QED) is 0.677. The van der Waals surface area contributed by atoms with Crippen LogP contribution in [0.1, 0.15) is 52.4 Å². The minimum absolute atomic E-state index is 0.397. The highest BCUT2D eigenvalue weighted by atomic mass is 16.1. The van der Waals surface area contributed by atoms with E-state index in [9.17, 15) is 4.79 Å². The van der Waals surface area contributed by atoms with Gasteiger partial charge < -0.3 is 16.4 Å². The number of nitrogens with two attached hydrogens (primary N) is 2. The van der Waals surface area contributed by atoms with Crippen molar-refractivity contribution in [1.29, 1.82) is 0 Å². The van der Waals surface area contributed by atoms with E-state index in [0.29, 0.717) is 6.42 Å². The molecule has 1 aliphatic rings. The Balaban J connectivity index is 2.10. The molecule has 106 valence electrons. The summed E-state index contributed by atoms with van der Waals surface area (Å²) >= 11 is 0. The molecule has 4 heteroatoms. The average Bonchev–Trinajstić information content (AvgIpc) is 2.35. The lowest BCUT2D eigenvalue weighted by Gasteiger charge is -2.31. The lowest BCUT2D eigenvalue weighted by Crippen LogP contribution is -2.49. The fraction of sp³-hybridized carbons (Fsp3) is 0.929. The van der Waals surface area contributed by atoms with Gasteiger partial charge in [0.2, 0.25) is 5.91 Å². The number of carbonyl (C=O) groups is 1. The summed E-state index contributed by atoms with van der Waals surface area (Å²) < 4.78 is 0. The average molecular weight is 255 g/mol. The topological polar surface area (TPSA) is 72.3 Å². The van der Waals surface area contributed by atoms with Gasteiger partial charge in [0.1, 0.15) is 0 Å². The first-order valence-electron chi connectivity index (χ1n) is 7.27. The minimum atomic E-state index is -0.838. The van der Waals surface area contributed by atoms with E-state index in [4.69, 9.17) is 11.5 Å². The summed E-state index contributed by atoms with van der Waals surface area (Å²) in [5, 5.41) is 0. The summed E-state index contributed by atoms with van der Waals surface area (Å²) in [6.45, 7) is 7.60. The second-order valence-electron chi connectivity index (χ2n) is 5.93. The maximum atomic E-state index is 11.1. The molecule has 0 saturated carbocycles. The molecule has 0 aromatic carbocycles. The SMILES string of the molecule is CCC1CCN(CCCCC(C)(N)C(N)=O)CC1. The predicted molar refractivity (Wildman–Crippen MR) is 75.1 cm³/mol. The molecule has 0 aromatic heterocycles. The molecular formula is C14H29N3O. The molecule has 1 rings (SSSR count). The van der Waals surface area contributed by atoms with E-state index in [2.05, 4.69) is 11.8 Å². The van der Waals surface area contributed by atoms with E-state index in [0.717, 1.165) is 25.3 Å². The van der Waals surface area contributed by atoms with Gasteiger partial charge in [-0.15, -0.1) is 0 Å². The molecule has 1 atom stereocenters. The summed E-state index contributed by atoms with van der Waals surface area (Å²) in [5.41, 5.74) is 10.2. The number of rotatable bonds is 7. The van der Waals surface area contributed by atoms with Crippen LogP contribution >= 0.6 is 0 Å². The molecule has 18 heavy (non-hydrogen) atoms. The van der Waals surface area contributed by atoms with E-state index >= 15 is 0 Å². The van der Waals surface area contributed by atoms with Gasteiger partial charge in [0.05, 0.1) is 5.54 Å². The fourth-order valence-corrected chi connectivity index (χ4v) is 2.57. The Labute approximate surface area is 111 Å². The predicted octanol–water partition coefficient (Wildman–Crippen LogP) is 1.48. The van der Waals surface area contributed by atoms with Gasteiger partial charge in [0.15, 0.2) is 0 Å². The Morgan fingerprint density at radius 2 is 1.94 bits per heavy atom. The number of primary amides is 1. The van der Waals surface area contributed by atoms with Crippen LogP contribution in [-0.2, 0) is 4.79 Å². The van der Waals surface area contributed by atoms with Gasteiger partial charge >= 0.3 is 0 Å². The summed E-state index contributed by atoms with van der Waals surface area (Å²) in [6, 6.07) is 0. The molecule has 1 fully saturated rings. The third-order valence-electron chi connectivity index (χ3n) is 4.27. The Hall–Kier alpha value is -0.610. The van der Waals surface area contributed by atoms with Crippen LogP contribution in [0.3, 0.4) is 0 Å². The van der Waals surface area contributed by atoms with Crippen LogP contribution in [0.4, 0.5) is 0 Å². The number of hydrogen-bond acceptors (Lipinski definition) is 3. The van der Waals surface area contributed by atoms with Crippen LogP contribution < -0.4 is 11.5 Å². The molecule has 1 heterocycles. The van der Waals surface area contributed by atoms with Gasteiger partial charge in [-0.1, -0.05) is 13.3 Å². The first-order chi connectivity index (χ1) is 8.45. The maximum absolute atomic E-state index is 11.1. The highest BCUT2D eigenvalue weighted by molar-refractivity contribution is 5.83. The lowest BCUT2D eigenvalue weighted by atomic mass is 9.93. The van der Waals surface area contributed by atoms with Crippen LogP contribution in [0.25, 0.3) is 0 Å². The first kappa shape index (κ1) is 15.4. The zero-order chi connectivity index (χ0) is 13.6.